The van der Waals surface area contributed by atoms with Crippen LogP contribution in [0.3, 0.4) is 0 Å². The maximum absolute atomic E-state index is 5.66. The first-order valence-electron chi connectivity index (χ1n) is 8.46. The Morgan fingerprint density at radius 3 is 2.93 bits per heavy atom. The molecule has 0 saturated heterocycles. The third-order valence-electron chi connectivity index (χ3n) is 3.94. The highest BCUT2D eigenvalue weighted by Gasteiger charge is 2.11. The van der Waals surface area contributed by atoms with E-state index in [4.69, 9.17) is 4.42 Å². The van der Waals surface area contributed by atoms with Crippen molar-refractivity contribution >= 4 is 35.3 Å². The van der Waals surface area contributed by atoms with E-state index >= 15 is 0 Å². The average molecular weight is 395 g/mol. The third-order valence-corrected chi connectivity index (χ3v) is 5.66. The predicted octanol–water partition coefficient (Wildman–Crippen LogP) is 5.60. The summed E-state index contributed by atoms with van der Waals surface area (Å²) in [6.45, 7) is 4.15. The number of benzene rings is 1. The number of thiophene rings is 1. The lowest BCUT2D eigenvalue weighted by Gasteiger charge is -2.02. The Balaban J connectivity index is 1.39. The van der Waals surface area contributed by atoms with Gasteiger partial charge >= 0.3 is 0 Å². The van der Waals surface area contributed by atoms with Gasteiger partial charge in [0.15, 0.2) is 0 Å². The summed E-state index contributed by atoms with van der Waals surface area (Å²) in [5, 5.41) is 9.92. The molecule has 4 aromatic rings. The van der Waals surface area contributed by atoms with Crippen LogP contribution < -0.4 is 0 Å². The molecule has 5 nitrogen and oxygen atoms in total. The van der Waals surface area contributed by atoms with Crippen molar-refractivity contribution in [2.45, 2.75) is 24.8 Å². The van der Waals surface area contributed by atoms with Gasteiger partial charge in [-0.2, -0.15) is 0 Å². The zero-order valence-electron chi connectivity index (χ0n) is 15.0. The lowest BCUT2D eigenvalue weighted by atomic mass is 10.1. The first-order chi connectivity index (χ1) is 13.2. The molecule has 0 fully saturated rings. The normalized spacial score (nSPS) is 11.5. The molecule has 0 aliphatic rings. The van der Waals surface area contributed by atoms with Gasteiger partial charge < -0.3 is 4.42 Å². The zero-order valence-corrected chi connectivity index (χ0v) is 16.6. The van der Waals surface area contributed by atoms with E-state index in [-0.39, 0.29) is 0 Å². The predicted molar refractivity (Wildman–Crippen MR) is 111 cm³/mol. The van der Waals surface area contributed by atoms with Crippen molar-refractivity contribution in [2.24, 2.45) is 0 Å². The highest BCUT2D eigenvalue weighted by molar-refractivity contribution is 7.98. The van der Waals surface area contributed by atoms with Crippen LogP contribution in [0.15, 0.2) is 51.5 Å². The molecule has 0 radical (unpaired) electrons. The molecule has 0 spiro atoms. The molecule has 0 atom stereocenters. The smallest absolute Gasteiger partial charge is 0.226 e. The van der Waals surface area contributed by atoms with Gasteiger partial charge in [-0.25, -0.2) is 9.97 Å². The summed E-state index contributed by atoms with van der Waals surface area (Å²) in [6, 6.07) is 10.3. The summed E-state index contributed by atoms with van der Waals surface area (Å²) in [5.41, 5.74) is 4.28. The van der Waals surface area contributed by atoms with Gasteiger partial charge in [0.25, 0.3) is 0 Å². The molecule has 0 aliphatic carbocycles. The SMILES string of the molecule is Cc1ccc(-c2nc(CSc3n[nH]c(/C=C/c4cccs4)n3)co2)c(C)c1. The number of thioether (sulfide) groups is 1. The van der Waals surface area contributed by atoms with Crippen molar-refractivity contribution in [2.75, 3.05) is 0 Å². The summed E-state index contributed by atoms with van der Waals surface area (Å²) in [4.78, 5) is 10.2. The molecule has 0 bridgehead atoms. The molecule has 27 heavy (non-hydrogen) atoms. The number of hydrogen-bond acceptors (Lipinski definition) is 6. The molecule has 7 heteroatoms. The van der Waals surface area contributed by atoms with Crippen LogP contribution in [-0.2, 0) is 5.75 Å². The fourth-order valence-corrected chi connectivity index (χ4v) is 3.93. The largest absolute Gasteiger partial charge is 0.444 e. The van der Waals surface area contributed by atoms with Crippen molar-refractivity contribution in [3.05, 3.63) is 69.5 Å². The minimum absolute atomic E-state index is 0.651. The van der Waals surface area contributed by atoms with Gasteiger partial charge in [-0.15, -0.1) is 16.4 Å². The Morgan fingerprint density at radius 1 is 1.19 bits per heavy atom. The third kappa shape index (κ3) is 4.37. The second-order valence-corrected chi connectivity index (χ2v) is 8.02. The monoisotopic (exact) mass is 394 g/mol. The van der Waals surface area contributed by atoms with Gasteiger partial charge in [0.1, 0.15) is 12.1 Å². The van der Waals surface area contributed by atoms with Crippen molar-refractivity contribution in [3.63, 3.8) is 0 Å². The number of oxazole rings is 1. The van der Waals surface area contributed by atoms with E-state index in [2.05, 4.69) is 58.3 Å². The maximum Gasteiger partial charge on any atom is 0.226 e. The Kier molecular flexibility index (Phi) is 5.22. The number of aryl methyl sites for hydroxylation is 2. The van der Waals surface area contributed by atoms with Crippen LogP contribution in [-0.4, -0.2) is 20.2 Å². The van der Waals surface area contributed by atoms with Crippen molar-refractivity contribution < 1.29 is 4.42 Å². The first kappa shape index (κ1) is 17.8. The van der Waals surface area contributed by atoms with Crippen LogP contribution in [0, 0.1) is 13.8 Å². The summed E-state index contributed by atoms with van der Waals surface area (Å²) in [5.74, 6) is 2.04. The van der Waals surface area contributed by atoms with E-state index in [9.17, 15) is 0 Å². The topological polar surface area (TPSA) is 67.6 Å². The number of aromatic nitrogens is 4. The number of nitrogens with zero attached hydrogens (tertiary/aromatic N) is 3. The lowest BCUT2D eigenvalue weighted by Crippen LogP contribution is -1.86. The summed E-state index contributed by atoms with van der Waals surface area (Å²) in [6.07, 6.45) is 5.65. The quantitative estimate of drug-likeness (QED) is 0.431. The number of aromatic amines is 1. The number of nitrogens with one attached hydrogen (secondary N) is 1. The Morgan fingerprint density at radius 2 is 2.11 bits per heavy atom. The van der Waals surface area contributed by atoms with Crippen LogP contribution in [0.2, 0.25) is 0 Å². The zero-order chi connectivity index (χ0) is 18.6. The van der Waals surface area contributed by atoms with Gasteiger partial charge in [-0.3, -0.25) is 5.10 Å². The van der Waals surface area contributed by atoms with Gasteiger partial charge in [-0.05, 0) is 49.1 Å². The van der Waals surface area contributed by atoms with Gasteiger partial charge in [0.05, 0.1) is 5.69 Å². The van der Waals surface area contributed by atoms with Crippen LogP contribution in [0.5, 0.6) is 0 Å². The van der Waals surface area contributed by atoms with Crippen LogP contribution in [0.4, 0.5) is 0 Å². The maximum atomic E-state index is 5.66. The van der Waals surface area contributed by atoms with Crippen LogP contribution >= 0.6 is 23.1 Å². The molecule has 0 unspecified atom stereocenters. The van der Waals surface area contributed by atoms with E-state index in [1.54, 1.807) is 17.6 Å². The van der Waals surface area contributed by atoms with E-state index in [0.29, 0.717) is 16.8 Å². The molecule has 4 rings (SSSR count). The van der Waals surface area contributed by atoms with E-state index in [0.717, 1.165) is 22.6 Å². The standard InChI is InChI=1S/C20H18N4OS2/c1-13-5-7-17(14(2)10-13)19-21-15(11-25-19)12-27-20-22-18(23-24-20)8-6-16-4-3-9-26-16/h3-11H,12H2,1-2H3,(H,22,23,24)/b8-6+. The van der Waals surface area contributed by atoms with Crippen molar-refractivity contribution in [3.8, 4) is 11.5 Å². The molecule has 0 saturated carbocycles. The molecular weight excluding hydrogens is 376 g/mol. The molecule has 136 valence electrons. The van der Waals surface area contributed by atoms with Gasteiger partial charge in [-0.1, -0.05) is 35.5 Å². The van der Waals surface area contributed by atoms with Crippen LogP contribution in [0.1, 0.15) is 27.5 Å². The molecular formula is C20H18N4OS2. The highest BCUT2D eigenvalue weighted by Crippen LogP contribution is 2.26. The second-order valence-electron chi connectivity index (χ2n) is 6.10. The summed E-state index contributed by atoms with van der Waals surface area (Å²) >= 11 is 3.21. The van der Waals surface area contributed by atoms with Crippen LogP contribution in [0.25, 0.3) is 23.6 Å². The molecule has 1 N–H and O–H groups in total. The summed E-state index contributed by atoms with van der Waals surface area (Å²) in [7, 11) is 0. The Bertz CT molecular complexity index is 1060. The molecule has 3 heterocycles. The Labute approximate surface area is 165 Å². The Hall–Kier alpha value is -2.64. The fourth-order valence-electron chi connectivity index (χ4n) is 2.63. The lowest BCUT2D eigenvalue weighted by molar-refractivity contribution is 0.573. The second kappa shape index (κ2) is 7.94. The number of hydrogen-bond donors (Lipinski definition) is 1. The van der Waals surface area contributed by atoms with Crippen molar-refractivity contribution in [1.29, 1.82) is 0 Å². The van der Waals surface area contributed by atoms with E-state index in [1.165, 1.54) is 22.2 Å². The van der Waals surface area contributed by atoms with E-state index < -0.39 is 0 Å². The first-order valence-corrected chi connectivity index (χ1v) is 10.3. The highest BCUT2D eigenvalue weighted by atomic mass is 32.2. The molecule has 3 aromatic heterocycles. The number of rotatable bonds is 6. The fraction of sp³-hybridized carbons (Fsp3) is 0.150. The number of H-pyrrole nitrogens is 1. The molecule has 0 amide bonds. The molecule has 1 aromatic carbocycles. The van der Waals surface area contributed by atoms with Gasteiger partial charge in [0, 0.05) is 16.2 Å². The minimum atomic E-state index is 0.651. The summed E-state index contributed by atoms with van der Waals surface area (Å²) < 4.78 is 5.66. The van der Waals surface area contributed by atoms with E-state index in [1.807, 2.05) is 23.6 Å². The minimum Gasteiger partial charge on any atom is -0.444 e. The average Bonchev–Trinajstić information content (AvgIpc) is 3.40. The van der Waals surface area contributed by atoms with Crippen molar-refractivity contribution in [1.82, 2.24) is 20.2 Å². The van der Waals surface area contributed by atoms with Gasteiger partial charge in [0.2, 0.25) is 11.0 Å². The molecule has 0 aliphatic heterocycles.